The van der Waals surface area contributed by atoms with E-state index in [2.05, 4.69) is 34.5 Å². The Morgan fingerprint density at radius 3 is 2.75 bits per heavy atom. The third kappa shape index (κ3) is 2.98. The van der Waals surface area contributed by atoms with Gasteiger partial charge in [0.25, 0.3) is 0 Å². The van der Waals surface area contributed by atoms with Crippen LogP contribution in [0.5, 0.6) is 0 Å². The van der Waals surface area contributed by atoms with Crippen molar-refractivity contribution in [3.05, 3.63) is 35.4 Å². The van der Waals surface area contributed by atoms with Crippen LogP contribution >= 0.6 is 0 Å². The molecular formula is C20H28N2O2. The van der Waals surface area contributed by atoms with Crippen LogP contribution in [-0.4, -0.2) is 44.2 Å². The molecule has 1 aliphatic heterocycles. The molecule has 3 aliphatic rings. The van der Waals surface area contributed by atoms with Crippen LogP contribution in [0, 0.1) is 5.92 Å². The number of likely N-dealkylation sites (tertiary alicyclic amines) is 1. The predicted octanol–water partition coefficient (Wildman–Crippen LogP) is 2.64. The molecule has 2 aliphatic carbocycles. The lowest BCUT2D eigenvalue weighted by Gasteiger charge is -2.40. The first-order valence-corrected chi connectivity index (χ1v) is 9.33. The van der Waals surface area contributed by atoms with Crippen molar-refractivity contribution in [3.8, 4) is 0 Å². The molecule has 1 atom stereocenters. The maximum atomic E-state index is 12.3. The topological polar surface area (TPSA) is 41.6 Å². The highest BCUT2D eigenvalue weighted by Gasteiger charge is 2.46. The number of carbonyl (C=O) groups excluding carboxylic acids is 1. The van der Waals surface area contributed by atoms with Gasteiger partial charge in [-0.25, -0.2) is 0 Å². The lowest BCUT2D eigenvalue weighted by Crippen LogP contribution is -2.43. The maximum Gasteiger partial charge on any atom is 0.223 e. The standard InChI is InChI=1S/C20H28N2O2/c1-24-13-12-22-10-8-20(9-11-22)14-18(21-19(23)15-6-7-15)16-4-2-3-5-17(16)20/h2-5,15,18H,6-14H2,1H3,(H,21,23)/t18-/m1/s1. The van der Waals surface area contributed by atoms with Crippen LogP contribution in [0.4, 0.5) is 0 Å². The van der Waals surface area contributed by atoms with Crippen LogP contribution in [-0.2, 0) is 14.9 Å². The lowest BCUT2D eigenvalue weighted by molar-refractivity contribution is -0.123. The molecule has 24 heavy (non-hydrogen) atoms. The third-order valence-corrected chi connectivity index (χ3v) is 6.19. The van der Waals surface area contributed by atoms with Gasteiger partial charge in [0.1, 0.15) is 0 Å². The highest BCUT2D eigenvalue weighted by atomic mass is 16.5. The Balaban J connectivity index is 1.49. The number of carbonyl (C=O) groups is 1. The number of rotatable bonds is 5. The molecule has 0 radical (unpaired) electrons. The molecule has 1 amide bonds. The van der Waals surface area contributed by atoms with Crippen molar-refractivity contribution in [1.82, 2.24) is 10.2 Å². The molecule has 1 N–H and O–H groups in total. The summed E-state index contributed by atoms with van der Waals surface area (Å²) >= 11 is 0. The molecule has 0 unspecified atom stereocenters. The van der Waals surface area contributed by atoms with E-state index >= 15 is 0 Å². The smallest absolute Gasteiger partial charge is 0.223 e. The normalized spacial score (nSPS) is 25.6. The van der Waals surface area contributed by atoms with Gasteiger partial charge >= 0.3 is 0 Å². The SMILES string of the molecule is COCCN1CCC2(CC1)C[C@@H](NC(=O)C1CC1)c1ccccc12. The molecule has 4 nitrogen and oxygen atoms in total. The summed E-state index contributed by atoms with van der Waals surface area (Å²) in [6.45, 7) is 4.09. The maximum absolute atomic E-state index is 12.3. The van der Waals surface area contributed by atoms with E-state index in [0.29, 0.717) is 0 Å². The van der Waals surface area contributed by atoms with E-state index in [0.717, 1.165) is 45.5 Å². The summed E-state index contributed by atoms with van der Waals surface area (Å²) in [4.78, 5) is 14.8. The third-order valence-electron chi connectivity index (χ3n) is 6.19. The van der Waals surface area contributed by atoms with Gasteiger partial charge in [0.15, 0.2) is 0 Å². The fourth-order valence-electron chi connectivity index (χ4n) is 4.56. The number of ether oxygens (including phenoxy) is 1. The molecule has 4 heteroatoms. The number of nitrogens with zero attached hydrogens (tertiary/aromatic N) is 1. The van der Waals surface area contributed by atoms with Crippen molar-refractivity contribution >= 4 is 5.91 Å². The van der Waals surface area contributed by atoms with Gasteiger partial charge in [0, 0.05) is 25.0 Å². The first-order chi connectivity index (χ1) is 11.7. The first-order valence-electron chi connectivity index (χ1n) is 9.33. The van der Waals surface area contributed by atoms with Gasteiger partial charge in [-0.05, 0) is 56.3 Å². The molecule has 1 heterocycles. The monoisotopic (exact) mass is 328 g/mol. The van der Waals surface area contributed by atoms with Gasteiger partial charge in [-0.2, -0.15) is 0 Å². The molecule has 1 saturated heterocycles. The zero-order valence-electron chi connectivity index (χ0n) is 14.6. The summed E-state index contributed by atoms with van der Waals surface area (Å²) in [7, 11) is 1.77. The summed E-state index contributed by atoms with van der Waals surface area (Å²) in [6, 6.07) is 8.99. The van der Waals surface area contributed by atoms with Crippen LogP contribution in [0.3, 0.4) is 0 Å². The summed E-state index contributed by atoms with van der Waals surface area (Å²) < 4.78 is 5.22. The Hall–Kier alpha value is -1.39. The van der Waals surface area contributed by atoms with E-state index in [1.807, 2.05) is 0 Å². The van der Waals surface area contributed by atoms with Gasteiger partial charge in [-0.1, -0.05) is 24.3 Å². The van der Waals surface area contributed by atoms with E-state index in [4.69, 9.17) is 4.74 Å². The number of benzene rings is 1. The van der Waals surface area contributed by atoms with E-state index in [1.54, 1.807) is 7.11 Å². The average Bonchev–Trinajstić information content (AvgIpc) is 3.42. The Morgan fingerprint density at radius 1 is 1.29 bits per heavy atom. The molecular weight excluding hydrogens is 300 g/mol. The van der Waals surface area contributed by atoms with E-state index in [1.165, 1.54) is 24.0 Å². The minimum Gasteiger partial charge on any atom is -0.383 e. The predicted molar refractivity (Wildman–Crippen MR) is 93.9 cm³/mol. The zero-order valence-corrected chi connectivity index (χ0v) is 14.6. The second-order valence-electron chi connectivity index (χ2n) is 7.74. The number of piperidine rings is 1. The minimum absolute atomic E-state index is 0.208. The molecule has 130 valence electrons. The van der Waals surface area contributed by atoms with Crippen molar-refractivity contribution in [2.24, 2.45) is 5.92 Å². The summed E-state index contributed by atoms with van der Waals surface area (Å²) in [6.07, 6.45) is 5.58. The molecule has 1 aromatic carbocycles. The van der Waals surface area contributed by atoms with E-state index in [9.17, 15) is 4.79 Å². The van der Waals surface area contributed by atoms with Crippen LogP contribution in [0.15, 0.2) is 24.3 Å². The van der Waals surface area contributed by atoms with Crippen molar-refractivity contribution < 1.29 is 9.53 Å². The largest absolute Gasteiger partial charge is 0.383 e. The second-order valence-corrected chi connectivity index (χ2v) is 7.74. The van der Waals surface area contributed by atoms with Crippen LogP contribution in [0.2, 0.25) is 0 Å². The Kier molecular flexibility index (Phi) is 4.35. The number of amides is 1. The van der Waals surface area contributed by atoms with Crippen LogP contribution in [0.25, 0.3) is 0 Å². The highest BCUT2D eigenvalue weighted by Crippen LogP contribution is 2.51. The fourth-order valence-corrected chi connectivity index (χ4v) is 4.56. The van der Waals surface area contributed by atoms with Crippen molar-refractivity contribution in [2.45, 2.75) is 43.6 Å². The van der Waals surface area contributed by atoms with Gasteiger partial charge in [0.05, 0.1) is 12.6 Å². The van der Waals surface area contributed by atoms with Crippen molar-refractivity contribution in [1.29, 1.82) is 0 Å². The number of methoxy groups -OCH3 is 1. The summed E-state index contributed by atoms with van der Waals surface area (Å²) in [5.74, 6) is 0.550. The summed E-state index contributed by atoms with van der Waals surface area (Å²) in [5, 5.41) is 3.34. The molecule has 4 rings (SSSR count). The van der Waals surface area contributed by atoms with Gasteiger partial charge < -0.3 is 15.0 Å². The van der Waals surface area contributed by atoms with Crippen molar-refractivity contribution in [3.63, 3.8) is 0 Å². The van der Waals surface area contributed by atoms with Gasteiger partial charge in [-0.15, -0.1) is 0 Å². The molecule has 0 aromatic heterocycles. The van der Waals surface area contributed by atoms with E-state index < -0.39 is 0 Å². The lowest BCUT2D eigenvalue weighted by atomic mass is 9.73. The molecule has 1 saturated carbocycles. The van der Waals surface area contributed by atoms with Crippen LogP contribution in [0.1, 0.15) is 49.3 Å². The van der Waals surface area contributed by atoms with E-state index in [-0.39, 0.29) is 23.3 Å². The second kappa shape index (κ2) is 6.49. The van der Waals surface area contributed by atoms with Gasteiger partial charge in [0.2, 0.25) is 5.91 Å². The Morgan fingerprint density at radius 2 is 2.04 bits per heavy atom. The fraction of sp³-hybridized carbons (Fsp3) is 0.650. The average molecular weight is 328 g/mol. The van der Waals surface area contributed by atoms with Gasteiger partial charge in [-0.3, -0.25) is 4.79 Å². The molecule has 1 spiro atoms. The molecule has 0 bridgehead atoms. The highest BCUT2D eigenvalue weighted by molar-refractivity contribution is 5.81. The summed E-state index contributed by atoms with van der Waals surface area (Å²) in [5.41, 5.74) is 3.09. The molecule has 2 fully saturated rings. The Bertz CT molecular complexity index is 603. The minimum atomic E-state index is 0.208. The van der Waals surface area contributed by atoms with Crippen molar-refractivity contribution in [2.75, 3.05) is 33.4 Å². The number of hydrogen-bond acceptors (Lipinski definition) is 3. The molecule has 1 aromatic rings. The zero-order chi connectivity index (χ0) is 16.6. The number of nitrogens with one attached hydrogen (secondary N) is 1. The van der Waals surface area contributed by atoms with Crippen LogP contribution < -0.4 is 5.32 Å². The Labute approximate surface area is 144 Å². The number of fused-ring (bicyclic) bond motifs is 2. The quantitative estimate of drug-likeness (QED) is 0.903. The number of hydrogen-bond donors (Lipinski definition) is 1. The first kappa shape index (κ1) is 16.1.